The first-order valence-corrected chi connectivity index (χ1v) is 8.52. The maximum atomic E-state index is 6.37. The highest BCUT2D eigenvalue weighted by Gasteiger charge is 2.43. The van der Waals surface area contributed by atoms with E-state index in [1.54, 1.807) is 18.5 Å². The number of aromatic nitrogens is 4. The van der Waals surface area contributed by atoms with Gasteiger partial charge in [-0.05, 0) is 24.6 Å². The average Bonchev–Trinajstić information content (AvgIpc) is 3.32. The summed E-state index contributed by atoms with van der Waals surface area (Å²) in [7, 11) is 0. The van der Waals surface area contributed by atoms with Crippen molar-refractivity contribution in [3.8, 4) is 17.3 Å². The van der Waals surface area contributed by atoms with E-state index in [-0.39, 0.29) is 18.3 Å². The third-order valence-electron chi connectivity index (χ3n) is 4.52. The standard InChI is InChI=1S/C17H15ClN4O3/c18-10-6-11-16(21-14(10)9-2-1-4-19-7-9)22-17(20-11)25-13-8-24-12-3-5-23-15(12)13/h1-2,4,6-7,12-13,15H,3,5,8H2,(H,20,21,22). The minimum absolute atomic E-state index is 0.0317. The van der Waals surface area contributed by atoms with E-state index in [2.05, 4.69) is 19.9 Å². The van der Waals surface area contributed by atoms with Gasteiger partial charge in [0.25, 0.3) is 6.01 Å². The molecule has 2 aliphatic heterocycles. The molecular formula is C17H15ClN4O3. The molecule has 7 nitrogen and oxygen atoms in total. The Hall–Kier alpha value is -2.22. The second kappa shape index (κ2) is 5.94. The molecule has 5 rings (SSSR count). The third kappa shape index (κ3) is 2.64. The minimum atomic E-state index is -0.165. The lowest BCUT2D eigenvalue weighted by Crippen LogP contribution is -2.32. The van der Waals surface area contributed by atoms with Gasteiger partial charge >= 0.3 is 0 Å². The summed E-state index contributed by atoms with van der Waals surface area (Å²) in [5, 5.41) is 0.527. The van der Waals surface area contributed by atoms with Gasteiger partial charge < -0.3 is 19.2 Å². The fraction of sp³-hybridized carbons (Fsp3) is 0.353. The molecule has 0 aliphatic carbocycles. The van der Waals surface area contributed by atoms with Crippen molar-refractivity contribution in [2.45, 2.75) is 24.7 Å². The van der Waals surface area contributed by atoms with Crippen molar-refractivity contribution in [1.29, 1.82) is 0 Å². The smallest absolute Gasteiger partial charge is 0.296 e. The average molecular weight is 359 g/mol. The number of nitrogens with one attached hydrogen (secondary N) is 1. The zero-order chi connectivity index (χ0) is 16.8. The zero-order valence-corrected chi connectivity index (χ0v) is 13.9. The number of hydrogen-bond donors (Lipinski definition) is 1. The summed E-state index contributed by atoms with van der Waals surface area (Å²) in [4.78, 5) is 16.2. The Labute approximate surface area is 148 Å². The number of hydrogen-bond acceptors (Lipinski definition) is 6. The van der Waals surface area contributed by atoms with Crippen LogP contribution >= 0.6 is 11.6 Å². The van der Waals surface area contributed by atoms with E-state index >= 15 is 0 Å². The molecule has 3 atom stereocenters. The quantitative estimate of drug-likeness (QED) is 0.775. The van der Waals surface area contributed by atoms with Crippen molar-refractivity contribution < 1.29 is 14.2 Å². The van der Waals surface area contributed by atoms with E-state index in [0.717, 1.165) is 17.5 Å². The van der Waals surface area contributed by atoms with Crippen molar-refractivity contribution in [3.63, 3.8) is 0 Å². The topological polar surface area (TPSA) is 82.2 Å². The zero-order valence-electron chi connectivity index (χ0n) is 13.2. The number of fused-ring (bicyclic) bond motifs is 2. The largest absolute Gasteiger partial charge is 0.456 e. The van der Waals surface area contributed by atoms with Gasteiger partial charge in [0.05, 0.1) is 28.9 Å². The SMILES string of the molecule is Clc1cc2[nH]c(OC3COC4CCOC43)nc2nc1-c1cccnc1. The predicted molar refractivity (Wildman–Crippen MR) is 90.6 cm³/mol. The predicted octanol–water partition coefficient (Wildman–Crippen LogP) is 2.61. The molecule has 5 heterocycles. The van der Waals surface area contributed by atoms with Crippen LogP contribution in [-0.4, -0.2) is 51.5 Å². The Bertz CT molecular complexity index is 917. The van der Waals surface area contributed by atoms with Crippen LogP contribution in [0.15, 0.2) is 30.6 Å². The summed E-state index contributed by atoms with van der Waals surface area (Å²) in [6.45, 7) is 1.21. The fourth-order valence-electron chi connectivity index (χ4n) is 3.33. The normalized spacial score (nSPS) is 25.4. The van der Waals surface area contributed by atoms with Gasteiger partial charge in [-0.3, -0.25) is 4.98 Å². The molecule has 3 aromatic rings. The summed E-state index contributed by atoms with van der Waals surface area (Å²) in [6, 6.07) is 5.94. The summed E-state index contributed by atoms with van der Waals surface area (Å²) in [5.74, 6) is 0. The first-order chi connectivity index (χ1) is 12.3. The summed E-state index contributed by atoms with van der Waals surface area (Å²) in [6.07, 6.45) is 4.27. The molecule has 1 N–H and O–H groups in total. The maximum absolute atomic E-state index is 6.37. The number of halogens is 1. The van der Waals surface area contributed by atoms with Crippen molar-refractivity contribution >= 4 is 22.8 Å². The molecule has 8 heteroatoms. The van der Waals surface area contributed by atoms with E-state index in [1.165, 1.54) is 0 Å². The van der Waals surface area contributed by atoms with Gasteiger partial charge in [0.15, 0.2) is 11.8 Å². The number of aromatic amines is 1. The maximum Gasteiger partial charge on any atom is 0.296 e. The number of pyridine rings is 2. The van der Waals surface area contributed by atoms with Crippen molar-refractivity contribution in [3.05, 3.63) is 35.6 Å². The van der Waals surface area contributed by atoms with Crippen LogP contribution in [0.1, 0.15) is 6.42 Å². The van der Waals surface area contributed by atoms with Gasteiger partial charge in [0.1, 0.15) is 6.10 Å². The monoisotopic (exact) mass is 358 g/mol. The fourth-order valence-corrected chi connectivity index (χ4v) is 3.59. The number of H-pyrrole nitrogens is 1. The molecule has 3 aromatic heterocycles. The summed E-state index contributed by atoms with van der Waals surface area (Å²) >= 11 is 6.37. The van der Waals surface area contributed by atoms with Crippen molar-refractivity contribution in [1.82, 2.24) is 19.9 Å². The second-order valence-electron chi connectivity index (χ2n) is 6.13. The molecule has 0 bridgehead atoms. The van der Waals surface area contributed by atoms with Crippen molar-refractivity contribution in [2.75, 3.05) is 13.2 Å². The van der Waals surface area contributed by atoms with Crippen LogP contribution in [0.3, 0.4) is 0 Å². The van der Waals surface area contributed by atoms with E-state index < -0.39 is 0 Å². The van der Waals surface area contributed by atoms with E-state index in [4.69, 9.17) is 25.8 Å². The van der Waals surface area contributed by atoms with Crippen LogP contribution in [0, 0.1) is 0 Å². The van der Waals surface area contributed by atoms with Crippen LogP contribution < -0.4 is 4.74 Å². The second-order valence-corrected chi connectivity index (χ2v) is 6.53. The highest BCUT2D eigenvalue weighted by atomic mass is 35.5. The highest BCUT2D eigenvalue weighted by Crippen LogP contribution is 2.31. The lowest BCUT2D eigenvalue weighted by Gasteiger charge is -2.15. The van der Waals surface area contributed by atoms with Gasteiger partial charge in [0, 0.05) is 24.6 Å². The number of nitrogens with zero attached hydrogens (tertiary/aromatic N) is 3. The molecule has 3 unspecified atom stereocenters. The minimum Gasteiger partial charge on any atom is -0.456 e. The van der Waals surface area contributed by atoms with Gasteiger partial charge in [0.2, 0.25) is 0 Å². The Morgan fingerprint density at radius 2 is 2.24 bits per heavy atom. The molecule has 0 saturated carbocycles. The Kier molecular flexibility index (Phi) is 3.58. The van der Waals surface area contributed by atoms with Crippen LogP contribution in [0.2, 0.25) is 5.02 Å². The molecule has 128 valence electrons. The molecule has 25 heavy (non-hydrogen) atoms. The first-order valence-electron chi connectivity index (χ1n) is 8.14. The molecule has 0 radical (unpaired) electrons. The number of rotatable bonds is 3. The van der Waals surface area contributed by atoms with E-state index in [9.17, 15) is 0 Å². The Balaban J connectivity index is 1.46. The molecule has 2 saturated heterocycles. The molecule has 0 aromatic carbocycles. The van der Waals surface area contributed by atoms with Gasteiger partial charge in [-0.2, -0.15) is 4.98 Å². The van der Waals surface area contributed by atoms with Crippen molar-refractivity contribution in [2.24, 2.45) is 0 Å². The highest BCUT2D eigenvalue weighted by molar-refractivity contribution is 6.33. The molecule has 2 fully saturated rings. The van der Waals surface area contributed by atoms with Gasteiger partial charge in [-0.1, -0.05) is 11.6 Å². The molecule has 0 spiro atoms. The van der Waals surface area contributed by atoms with E-state index in [1.807, 2.05) is 12.1 Å². The van der Waals surface area contributed by atoms with Gasteiger partial charge in [-0.25, -0.2) is 4.98 Å². The number of imidazole rings is 1. The first kappa shape index (κ1) is 15.1. The third-order valence-corrected chi connectivity index (χ3v) is 4.81. The van der Waals surface area contributed by atoms with Gasteiger partial charge in [-0.15, -0.1) is 0 Å². The Morgan fingerprint density at radius 3 is 3.12 bits per heavy atom. The molecule has 2 aliphatic rings. The summed E-state index contributed by atoms with van der Waals surface area (Å²) < 4.78 is 17.3. The van der Waals surface area contributed by atoms with Crippen LogP contribution in [-0.2, 0) is 9.47 Å². The summed E-state index contributed by atoms with van der Waals surface area (Å²) in [5.41, 5.74) is 2.74. The molecule has 0 amide bonds. The Morgan fingerprint density at radius 1 is 1.28 bits per heavy atom. The lowest BCUT2D eigenvalue weighted by molar-refractivity contribution is 0.0273. The molecular weight excluding hydrogens is 344 g/mol. The van der Waals surface area contributed by atoms with Crippen LogP contribution in [0.5, 0.6) is 6.01 Å². The number of ether oxygens (including phenoxy) is 3. The van der Waals surface area contributed by atoms with E-state index in [0.29, 0.717) is 35.6 Å². The van der Waals surface area contributed by atoms with Crippen LogP contribution in [0.25, 0.3) is 22.4 Å². The van der Waals surface area contributed by atoms with Crippen LogP contribution in [0.4, 0.5) is 0 Å². The lowest BCUT2D eigenvalue weighted by atomic mass is 10.1.